The lowest BCUT2D eigenvalue weighted by Gasteiger charge is -2.14. The van der Waals surface area contributed by atoms with Gasteiger partial charge < -0.3 is 0 Å². The van der Waals surface area contributed by atoms with Crippen LogP contribution in [0.3, 0.4) is 0 Å². The fourth-order valence-corrected chi connectivity index (χ4v) is 7.37. The van der Waals surface area contributed by atoms with E-state index in [-0.39, 0.29) is 0 Å². The average Bonchev–Trinajstić information content (AvgIpc) is 3.39. The van der Waals surface area contributed by atoms with Gasteiger partial charge in [-0.1, -0.05) is 109 Å². The number of para-hydroxylation sites is 2. The molecule has 3 heterocycles. The number of fused-ring (bicyclic) bond motifs is 10. The molecule has 0 N–H and O–H groups in total. The first-order valence-corrected chi connectivity index (χ1v) is 15.2. The monoisotopic (exact) mass is 572 g/mol. The zero-order chi connectivity index (χ0) is 29.5. The molecule has 0 bridgehead atoms. The maximum absolute atomic E-state index is 5.32. The summed E-state index contributed by atoms with van der Waals surface area (Å²) >= 11 is 0. The third-order valence-corrected chi connectivity index (χ3v) is 9.25. The van der Waals surface area contributed by atoms with Crippen LogP contribution in [0.15, 0.2) is 146 Å². The Bertz CT molecular complexity index is 2650. The van der Waals surface area contributed by atoms with Gasteiger partial charge in [-0.15, -0.1) is 0 Å². The molecule has 6 aromatic carbocycles. The molecule has 1 aliphatic carbocycles. The molecule has 0 aliphatic heterocycles. The van der Waals surface area contributed by atoms with Gasteiger partial charge in [-0.2, -0.15) is 0 Å². The lowest BCUT2D eigenvalue weighted by Crippen LogP contribution is -2.03. The maximum atomic E-state index is 5.32. The molecular formula is C41H24N4. The van der Waals surface area contributed by atoms with E-state index in [1.54, 1.807) is 0 Å². The largest absolute Gasteiger partial charge is 0.278 e. The Morgan fingerprint density at radius 2 is 1.13 bits per heavy atom. The summed E-state index contributed by atoms with van der Waals surface area (Å²) in [6.07, 6.45) is 3.91. The van der Waals surface area contributed by atoms with Gasteiger partial charge in [-0.05, 0) is 62.9 Å². The Labute approximate surface area is 258 Å². The average molecular weight is 573 g/mol. The number of nitrogens with zero attached hydrogens (tertiary/aromatic N) is 4. The molecule has 4 nitrogen and oxygen atoms in total. The van der Waals surface area contributed by atoms with Gasteiger partial charge in [0.05, 0.1) is 22.2 Å². The standard InChI is InChI=1S/C41H24N4/c1-2-11-25(12-3-1)40-30-15-6-8-19-35(30)43-41(44-40)45-36-20-9-7-16-31(36)39-32-18-10-17-29-26-13-4-5-14-27(26)34-24-42-22-21-28(34)33(38(29)32)23-37(39)45/h1-24H. The van der Waals surface area contributed by atoms with Crippen LogP contribution < -0.4 is 0 Å². The quantitative estimate of drug-likeness (QED) is 0.207. The number of hydrogen-bond acceptors (Lipinski definition) is 3. The van der Waals surface area contributed by atoms with Crippen molar-refractivity contribution in [2.24, 2.45) is 0 Å². The summed E-state index contributed by atoms with van der Waals surface area (Å²) in [5, 5.41) is 5.91. The number of benzene rings is 6. The number of hydrogen-bond donors (Lipinski definition) is 0. The van der Waals surface area contributed by atoms with E-state index in [9.17, 15) is 0 Å². The van der Waals surface area contributed by atoms with Gasteiger partial charge in [0, 0.05) is 39.7 Å². The van der Waals surface area contributed by atoms with Crippen LogP contribution in [0, 0.1) is 0 Å². The Morgan fingerprint density at radius 1 is 0.444 bits per heavy atom. The van der Waals surface area contributed by atoms with Crippen molar-refractivity contribution in [1.82, 2.24) is 19.5 Å². The third-order valence-electron chi connectivity index (χ3n) is 9.25. The summed E-state index contributed by atoms with van der Waals surface area (Å²) in [5.74, 6) is 0.660. The Hall–Kier alpha value is -6.13. The van der Waals surface area contributed by atoms with Crippen molar-refractivity contribution in [3.8, 4) is 50.6 Å². The van der Waals surface area contributed by atoms with Gasteiger partial charge in [0.2, 0.25) is 5.95 Å². The second kappa shape index (κ2) is 9.18. The summed E-state index contributed by atoms with van der Waals surface area (Å²) in [6.45, 7) is 0. The third kappa shape index (κ3) is 3.39. The van der Waals surface area contributed by atoms with Crippen LogP contribution in [0.4, 0.5) is 0 Å². The van der Waals surface area contributed by atoms with Crippen LogP contribution in [0.5, 0.6) is 0 Å². The molecule has 4 heteroatoms. The normalized spacial score (nSPS) is 12.0. The first-order valence-electron chi connectivity index (χ1n) is 15.2. The molecular weight excluding hydrogens is 548 g/mol. The Morgan fingerprint density at radius 3 is 2.02 bits per heavy atom. The molecule has 0 saturated carbocycles. The van der Waals surface area contributed by atoms with Crippen LogP contribution in [0.1, 0.15) is 0 Å². The minimum absolute atomic E-state index is 0.660. The minimum Gasteiger partial charge on any atom is -0.278 e. The van der Waals surface area contributed by atoms with E-state index in [2.05, 4.69) is 131 Å². The molecule has 9 aromatic rings. The lowest BCUT2D eigenvalue weighted by molar-refractivity contribution is 1.01. The Balaban J connectivity index is 1.40. The molecule has 0 fully saturated rings. The van der Waals surface area contributed by atoms with Crippen LogP contribution >= 0.6 is 0 Å². The molecule has 0 amide bonds. The van der Waals surface area contributed by atoms with Gasteiger partial charge in [-0.25, -0.2) is 9.97 Å². The minimum atomic E-state index is 0.660. The summed E-state index contributed by atoms with van der Waals surface area (Å²) in [7, 11) is 0. The van der Waals surface area contributed by atoms with Crippen molar-refractivity contribution in [3.63, 3.8) is 0 Å². The summed E-state index contributed by atoms with van der Waals surface area (Å²) in [6, 6.07) is 47.3. The van der Waals surface area contributed by atoms with Gasteiger partial charge in [0.15, 0.2) is 0 Å². The van der Waals surface area contributed by atoms with E-state index < -0.39 is 0 Å². The molecule has 10 rings (SSSR count). The van der Waals surface area contributed by atoms with E-state index in [4.69, 9.17) is 9.97 Å². The highest BCUT2D eigenvalue weighted by atomic mass is 15.2. The molecule has 208 valence electrons. The zero-order valence-electron chi connectivity index (χ0n) is 24.1. The van der Waals surface area contributed by atoms with Crippen LogP contribution in [0.25, 0.3) is 94.1 Å². The second-order valence-electron chi connectivity index (χ2n) is 11.6. The summed E-state index contributed by atoms with van der Waals surface area (Å²) < 4.78 is 2.26. The predicted octanol–water partition coefficient (Wildman–Crippen LogP) is 10.3. The fraction of sp³-hybridized carbons (Fsp3) is 0. The van der Waals surface area contributed by atoms with Crippen molar-refractivity contribution in [2.75, 3.05) is 0 Å². The molecule has 0 atom stereocenters. The molecule has 0 spiro atoms. The van der Waals surface area contributed by atoms with Gasteiger partial charge in [-0.3, -0.25) is 9.55 Å². The fourth-order valence-electron chi connectivity index (χ4n) is 7.37. The molecule has 1 aliphatic rings. The molecule has 0 unspecified atom stereocenters. The van der Waals surface area contributed by atoms with Gasteiger partial charge in [0.25, 0.3) is 0 Å². The van der Waals surface area contributed by atoms with Gasteiger partial charge >= 0.3 is 0 Å². The SMILES string of the molecule is c1ccc(-c2nc(-n3c4ccccc4c4c5cccc6c5c(cc43)-c3ccncc3-c3ccccc3-6)nc3ccccc23)cc1. The maximum Gasteiger partial charge on any atom is 0.235 e. The van der Waals surface area contributed by atoms with Crippen LogP contribution in [-0.2, 0) is 0 Å². The van der Waals surface area contributed by atoms with Crippen molar-refractivity contribution in [3.05, 3.63) is 146 Å². The topological polar surface area (TPSA) is 43.6 Å². The number of aromatic nitrogens is 4. The first kappa shape index (κ1) is 24.3. The summed E-state index contributed by atoms with van der Waals surface area (Å²) in [4.78, 5) is 15.1. The van der Waals surface area contributed by atoms with Crippen LogP contribution in [0.2, 0.25) is 0 Å². The molecule has 0 radical (unpaired) electrons. The van der Waals surface area contributed by atoms with Crippen LogP contribution in [-0.4, -0.2) is 19.5 Å². The van der Waals surface area contributed by atoms with E-state index >= 15 is 0 Å². The Kier molecular flexibility index (Phi) is 4.96. The highest BCUT2D eigenvalue weighted by Crippen LogP contribution is 2.50. The number of pyridine rings is 1. The van der Waals surface area contributed by atoms with E-state index in [1.807, 2.05) is 24.5 Å². The number of rotatable bonds is 2. The first-order chi connectivity index (χ1) is 22.3. The van der Waals surface area contributed by atoms with E-state index in [1.165, 1.54) is 49.4 Å². The smallest absolute Gasteiger partial charge is 0.235 e. The van der Waals surface area contributed by atoms with Crippen molar-refractivity contribution in [1.29, 1.82) is 0 Å². The highest BCUT2D eigenvalue weighted by Gasteiger charge is 2.26. The van der Waals surface area contributed by atoms with Crippen molar-refractivity contribution >= 4 is 43.5 Å². The summed E-state index contributed by atoms with van der Waals surface area (Å²) in [5.41, 5.74) is 12.2. The van der Waals surface area contributed by atoms with Crippen molar-refractivity contribution < 1.29 is 0 Å². The highest BCUT2D eigenvalue weighted by molar-refractivity contribution is 6.28. The predicted molar refractivity (Wildman–Crippen MR) is 184 cm³/mol. The van der Waals surface area contributed by atoms with Gasteiger partial charge in [0.1, 0.15) is 0 Å². The van der Waals surface area contributed by atoms with E-state index in [0.717, 1.165) is 38.8 Å². The van der Waals surface area contributed by atoms with Crippen molar-refractivity contribution in [2.45, 2.75) is 0 Å². The second-order valence-corrected chi connectivity index (χ2v) is 11.6. The molecule has 3 aromatic heterocycles. The molecule has 0 saturated heterocycles. The zero-order valence-corrected chi connectivity index (χ0v) is 24.1. The van der Waals surface area contributed by atoms with E-state index in [0.29, 0.717) is 5.95 Å². The molecule has 45 heavy (non-hydrogen) atoms. The lowest BCUT2D eigenvalue weighted by atomic mass is 9.91.